The van der Waals surface area contributed by atoms with Gasteiger partial charge in [0.25, 0.3) is 17.4 Å². The molecule has 0 saturated heterocycles. The van der Waals surface area contributed by atoms with Gasteiger partial charge >= 0.3 is 0 Å². The molecular weight excluding hydrogens is 330 g/mol. The van der Waals surface area contributed by atoms with E-state index >= 15 is 0 Å². The highest BCUT2D eigenvalue weighted by atomic mass is 16.5. The largest absolute Gasteiger partial charge is 0.464 e. The van der Waals surface area contributed by atoms with Crippen LogP contribution in [0.25, 0.3) is 0 Å². The maximum atomic E-state index is 13.2. The number of amides is 2. The summed E-state index contributed by atoms with van der Waals surface area (Å²) in [4.78, 5) is 32.1. The van der Waals surface area contributed by atoms with Crippen LogP contribution in [-0.2, 0) is 9.59 Å². The number of carbonyl (C=O) groups excluding carboxylic acids is 2. The lowest BCUT2D eigenvalue weighted by atomic mass is 9.99. The Morgan fingerprint density at radius 3 is 2.77 bits per heavy atom. The van der Waals surface area contributed by atoms with Crippen molar-refractivity contribution in [2.45, 2.75) is 76.9 Å². The molecule has 1 fully saturated rings. The van der Waals surface area contributed by atoms with Gasteiger partial charge in [-0.25, -0.2) is 4.98 Å². The molecule has 2 amide bonds. The summed E-state index contributed by atoms with van der Waals surface area (Å²) in [6, 6.07) is 3.65. The van der Waals surface area contributed by atoms with Gasteiger partial charge in [-0.1, -0.05) is 39.0 Å². The van der Waals surface area contributed by atoms with Crippen LogP contribution in [0.1, 0.15) is 65.2 Å². The van der Waals surface area contributed by atoms with Crippen LogP contribution in [0.15, 0.2) is 18.3 Å². The lowest BCUT2D eigenvalue weighted by Gasteiger charge is -2.39. The summed E-state index contributed by atoms with van der Waals surface area (Å²) in [5.41, 5.74) is -1.55. The van der Waals surface area contributed by atoms with Crippen molar-refractivity contribution >= 4 is 17.6 Å². The van der Waals surface area contributed by atoms with E-state index in [1.165, 1.54) is 12.8 Å². The van der Waals surface area contributed by atoms with E-state index in [1.54, 1.807) is 30.2 Å². The highest BCUT2D eigenvalue weighted by molar-refractivity contribution is 6.16. The Bertz CT molecular complexity index is 655. The number of carbonyl (C=O) groups is 2. The summed E-state index contributed by atoms with van der Waals surface area (Å²) in [5.74, 6) is 0.320. The van der Waals surface area contributed by atoms with Gasteiger partial charge in [0.2, 0.25) is 0 Å². The molecule has 0 unspecified atom stereocenters. The molecule has 0 bridgehead atoms. The van der Waals surface area contributed by atoms with Crippen molar-refractivity contribution in [3.8, 4) is 5.75 Å². The number of unbranched alkanes of at least 4 members (excludes halogenated alkanes) is 1. The average Bonchev–Trinajstić information content (AvgIpc) is 2.91. The van der Waals surface area contributed by atoms with Crippen molar-refractivity contribution in [3.63, 3.8) is 0 Å². The molecule has 0 aromatic carbocycles. The standard InChI is InChI=1S/C20H29N3O3/c1-3-4-14-23-17-16(12-9-13-21-17)26-20(2,19(23)25)18(24)22-15-10-7-5-6-8-11-15/h9,12-13,15H,3-8,10-11,14H2,1-2H3,(H,22,24)/t20-/m1/s1. The topological polar surface area (TPSA) is 71.5 Å². The van der Waals surface area contributed by atoms with E-state index in [-0.39, 0.29) is 17.9 Å². The zero-order valence-corrected chi connectivity index (χ0v) is 15.8. The summed E-state index contributed by atoms with van der Waals surface area (Å²) >= 11 is 0. The number of nitrogens with one attached hydrogen (secondary N) is 1. The van der Waals surface area contributed by atoms with E-state index in [1.807, 2.05) is 0 Å². The van der Waals surface area contributed by atoms with Crippen molar-refractivity contribution in [3.05, 3.63) is 18.3 Å². The van der Waals surface area contributed by atoms with E-state index in [0.717, 1.165) is 38.5 Å². The number of aromatic nitrogens is 1. The SMILES string of the molecule is CCCCN1C(=O)[C@@](C)(C(=O)NC2CCCCCC2)Oc2cccnc21. The predicted molar refractivity (Wildman–Crippen MR) is 100 cm³/mol. The number of hydrogen-bond donors (Lipinski definition) is 1. The molecule has 2 heterocycles. The maximum Gasteiger partial charge on any atom is 0.282 e. The molecule has 6 nitrogen and oxygen atoms in total. The lowest BCUT2D eigenvalue weighted by molar-refractivity contribution is -0.149. The Hall–Kier alpha value is -2.11. The summed E-state index contributed by atoms with van der Waals surface area (Å²) in [6.07, 6.45) is 10.0. The second-order valence-corrected chi connectivity index (χ2v) is 7.43. The Balaban J connectivity index is 1.83. The Morgan fingerprint density at radius 1 is 1.35 bits per heavy atom. The second kappa shape index (κ2) is 8.06. The van der Waals surface area contributed by atoms with E-state index < -0.39 is 5.60 Å². The highest BCUT2D eigenvalue weighted by Crippen LogP contribution is 2.36. The van der Waals surface area contributed by atoms with Crippen molar-refractivity contribution in [1.82, 2.24) is 10.3 Å². The first-order valence-electron chi connectivity index (χ1n) is 9.83. The molecule has 0 radical (unpaired) electrons. The van der Waals surface area contributed by atoms with Crippen LogP contribution >= 0.6 is 0 Å². The minimum atomic E-state index is -1.55. The van der Waals surface area contributed by atoms with Gasteiger partial charge < -0.3 is 10.1 Å². The Morgan fingerprint density at radius 2 is 2.08 bits per heavy atom. The molecule has 1 aliphatic carbocycles. The third kappa shape index (κ3) is 3.69. The van der Waals surface area contributed by atoms with Crippen LogP contribution in [0, 0.1) is 0 Å². The van der Waals surface area contributed by atoms with E-state index in [9.17, 15) is 9.59 Å². The first kappa shape index (κ1) is 18.7. The zero-order valence-electron chi connectivity index (χ0n) is 15.8. The fourth-order valence-corrected chi connectivity index (χ4v) is 3.70. The number of nitrogens with zero attached hydrogens (tertiary/aromatic N) is 2. The number of anilines is 1. The molecule has 1 aliphatic heterocycles. The average molecular weight is 359 g/mol. The van der Waals surface area contributed by atoms with E-state index in [4.69, 9.17) is 4.74 Å². The van der Waals surface area contributed by atoms with Gasteiger partial charge in [-0.3, -0.25) is 14.5 Å². The van der Waals surface area contributed by atoms with Crippen LogP contribution in [0.2, 0.25) is 0 Å². The van der Waals surface area contributed by atoms with Crippen LogP contribution < -0.4 is 15.0 Å². The Kier molecular flexibility index (Phi) is 5.79. The molecule has 3 rings (SSSR count). The molecule has 6 heteroatoms. The predicted octanol–water partition coefficient (Wildman–Crippen LogP) is 3.20. The fourth-order valence-electron chi connectivity index (χ4n) is 3.70. The van der Waals surface area contributed by atoms with Gasteiger partial charge in [0.05, 0.1) is 0 Å². The fraction of sp³-hybridized carbons (Fsp3) is 0.650. The highest BCUT2D eigenvalue weighted by Gasteiger charge is 2.51. The first-order valence-corrected chi connectivity index (χ1v) is 9.83. The monoisotopic (exact) mass is 359 g/mol. The normalized spacial score (nSPS) is 23.8. The van der Waals surface area contributed by atoms with Crippen molar-refractivity contribution in [2.24, 2.45) is 0 Å². The van der Waals surface area contributed by atoms with Crippen molar-refractivity contribution in [2.75, 3.05) is 11.4 Å². The van der Waals surface area contributed by atoms with E-state index in [0.29, 0.717) is 18.1 Å². The molecule has 26 heavy (non-hydrogen) atoms. The molecule has 1 atom stereocenters. The minimum Gasteiger partial charge on any atom is -0.464 e. The zero-order chi connectivity index (χ0) is 18.6. The lowest BCUT2D eigenvalue weighted by Crippen LogP contribution is -2.63. The van der Waals surface area contributed by atoms with E-state index in [2.05, 4.69) is 17.2 Å². The molecule has 2 aliphatic rings. The van der Waals surface area contributed by atoms with Crippen LogP contribution in [-0.4, -0.2) is 35.0 Å². The number of hydrogen-bond acceptors (Lipinski definition) is 4. The summed E-state index contributed by atoms with van der Waals surface area (Å²) < 4.78 is 5.91. The maximum absolute atomic E-state index is 13.2. The third-order valence-corrected chi connectivity index (χ3v) is 5.33. The molecule has 1 N–H and O–H groups in total. The van der Waals surface area contributed by atoms with Crippen molar-refractivity contribution < 1.29 is 14.3 Å². The first-order chi connectivity index (χ1) is 12.6. The smallest absolute Gasteiger partial charge is 0.282 e. The van der Waals surface area contributed by atoms with Gasteiger partial charge in [-0.15, -0.1) is 0 Å². The summed E-state index contributed by atoms with van der Waals surface area (Å²) in [6.45, 7) is 4.19. The molecular formula is C20H29N3O3. The minimum absolute atomic E-state index is 0.123. The van der Waals surface area contributed by atoms with Crippen molar-refractivity contribution in [1.29, 1.82) is 0 Å². The summed E-state index contributed by atoms with van der Waals surface area (Å²) in [7, 11) is 0. The quantitative estimate of drug-likeness (QED) is 0.647. The van der Waals surface area contributed by atoms with Gasteiger partial charge in [0.15, 0.2) is 11.6 Å². The molecule has 1 aromatic rings. The summed E-state index contributed by atoms with van der Waals surface area (Å²) in [5, 5.41) is 3.08. The van der Waals surface area contributed by atoms with Crippen LogP contribution in [0.3, 0.4) is 0 Å². The number of fused-ring (bicyclic) bond motifs is 1. The third-order valence-electron chi connectivity index (χ3n) is 5.33. The molecule has 0 spiro atoms. The number of pyridine rings is 1. The Labute approximate surface area is 155 Å². The molecule has 1 saturated carbocycles. The second-order valence-electron chi connectivity index (χ2n) is 7.43. The van der Waals surface area contributed by atoms with Crippen LogP contribution in [0.5, 0.6) is 5.75 Å². The van der Waals surface area contributed by atoms with Gasteiger partial charge in [0, 0.05) is 18.8 Å². The molecule has 142 valence electrons. The van der Waals surface area contributed by atoms with Crippen LogP contribution in [0.4, 0.5) is 5.82 Å². The van der Waals surface area contributed by atoms with Gasteiger partial charge in [-0.2, -0.15) is 0 Å². The van der Waals surface area contributed by atoms with Gasteiger partial charge in [0.1, 0.15) is 0 Å². The number of ether oxygens (including phenoxy) is 1. The number of rotatable bonds is 5. The molecule has 1 aromatic heterocycles. The van der Waals surface area contributed by atoms with Gasteiger partial charge in [-0.05, 0) is 38.3 Å².